The molecule has 0 aliphatic rings. The summed E-state index contributed by atoms with van der Waals surface area (Å²) in [7, 11) is -3.38. The molecule has 0 aromatic heterocycles. The molecule has 116 valence electrons. The number of sulfonamides is 1. The fraction of sp³-hybridized carbons (Fsp3) is 0.571. The van der Waals surface area contributed by atoms with E-state index in [1.165, 1.54) is 0 Å². The van der Waals surface area contributed by atoms with Crippen LogP contribution in [0.3, 0.4) is 0 Å². The van der Waals surface area contributed by atoms with Crippen LogP contribution in [0.25, 0.3) is 0 Å². The van der Waals surface area contributed by atoms with Gasteiger partial charge in [-0.05, 0) is 36.6 Å². The summed E-state index contributed by atoms with van der Waals surface area (Å²) in [5, 5.41) is 3.16. The number of hydrogen-bond donors (Lipinski definition) is 2. The summed E-state index contributed by atoms with van der Waals surface area (Å²) in [4.78, 5) is 0.326. The molecule has 0 saturated carbocycles. The summed E-state index contributed by atoms with van der Waals surface area (Å²) < 4.78 is 26.6. The molecule has 0 aliphatic carbocycles. The second kappa shape index (κ2) is 9.34. The molecule has 0 heterocycles. The predicted molar refractivity (Wildman–Crippen MR) is 86.1 cm³/mol. The van der Waals surface area contributed by atoms with Gasteiger partial charge in [0.15, 0.2) is 0 Å². The van der Waals surface area contributed by atoms with Gasteiger partial charge in [-0.25, -0.2) is 13.1 Å². The van der Waals surface area contributed by atoms with Crippen molar-refractivity contribution in [2.75, 3.05) is 19.6 Å². The maximum Gasteiger partial charge on any atom is 0.240 e. The second-order valence-electron chi connectivity index (χ2n) is 4.87. The van der Waals surface area contributed by atoms with Gasteiger partial charge in [0.05, 0.1) is 4.90 Å². The zero-order valence-corrected chi connectivity index (χ0v) is 14.0. The molecule has 0 aliphatic heterocycles. The maximum absolute atomic E-state index is 12.0. The number of halogens is 1. The molecule has 4 nitrogen and oxygen atoms in total. The van der Waals surface area contributed by atoms with E-state index in [1.54, 1.807) is 12.1 Å². The minimum atomic E-state index is -3.38. The van der Waals surface area contributed by atoms with Gasteiger partial charge in [-0.3, -0.25) is 0 Å². The zero-order valence-electron chi connectivity index (χ0n) is 12.3. The van der Waals surface area contributed by atoms with Crippen LogP contribution in [0, 0.1) is 0 Å². The highest BCUT2D eigenvalue weighted by Gasteiger charge is 2.13. The normalized spacial score (nSPS) is 11.4. The molecule has 2 N–H and O–H groups in total. The highest BCUT2D eigenvalue weighted by atomic mass is 35.5. The van der Waals surface area contributed by atoms with Gasteiger partial charge in [0.25, 0.3) is 0 Å². The van der Waals surface area contributed by atoms with Gasteiger partial charge < -0.3 is 5.32 Å². The molecule has 0 atom stereocenters. The van der Waals surface area contributed by atoms with E-state index in [0.717, 1.165) is 18.5 Å². The van der Waals surface area contributed by atoms with Crippen molar-refractivity contribution in [1.29, 1.82) is 0 Å². The molecule has 1 aromatic rings. The van der Waals surface area contributed by atoms with Crippen LogP contribution in [0.2, 0.25) is 0 Å². The lowest BCUT2D eigenvalue weighted by Gasteiger charge is -2.09. The molecular weight excluding hydrogens is 296 g/mol. The summed E-state index contributed by atoms with van der Waals surface area (Å²) in [6, 6.07) is 7.07. The smallest absolute Gasteiger partial charge is 0.240 e. The number of hydrogen-bond acceptors (Lipinski definition) is 3. The van der Waals surface area contributed by atoms with E-state index in [0.29, 0.717) is 23.9 Å². The van der Waals surface area contributed by atoms with Crippen molar-refractivity contribution in [3.05, 3.63) is 29.8 Å². The van der Waals surface area contributed by atoms with Crippen LogP contribution in [0.5, 0.6) is 0 Å². The molecule has 0 amide bonds. The van der Waals surface area contributed by atoms with Gasteiger partial charge in [-0.1, -0.05) is 32.9 Å². The van der Waals surface area contributed by atoms with Gasteiger partial charge in [-0.15, -0.1) is 12.4 Å². The third kappa shape index (κ3) is 6.22. The van der Waals surface area contributed by atoms with E-state index in [2.05, 4.69) is 30.8 Å². The average molecular weight is 321 g/mol. The highest BCUT2D eigenvalue weighted by Crippen LogP contribution is 2.16. The molecule has 0 radical (unpaired) electrons. The topological polar surface area (TPSA) is 58.2 Å². The molecule has 1 rings (SSSR count). The number of rotatable bonds is 8. The molecular formula is C14H25ClN2O2S. The van der Waals surface area contributed by atoms with Crippen molar-refractivity contribution in [3.8, 4) is 0 Å². The Labute approximate surface area is 128 Å². The van der Waals surface area contributed by atoms with Crippen LogP contribution in [0.4, 0.5) is 0 Å². The fourth-order valence-electron chi connectivity index (χ4n) is 1.69. The third-order valence-corrected chi connectivity index (χ3v) is 4.35. The first kappa shape index (κ1) is 19.4. The molecule has 20 heavy (non-hydrogen) atoms. The Balaban J connectivity index is 0.00000361. The SMILES string of the molecule is CCCNCCNS(=O)(=O)c1ccc(C(C)C)cc1.Cl. The largest absolute Gasteiger partial charge is 0.315 e. The molecule has 6 heteroatoms. The lowest BCUT2D eigenvalue weighted by molar-refractivity contribution is 0.575. The maximum atomic E-state index is 12.0. The Morgan fingerprint density at radius 1 is 1.05 bits per heavy atom. The van der Waals surface area contributed by atoms with Gasteiger partial charge in [0, 0.05) is 13.1 Å². The Bertz CT molecular complexity index is 472. The van der Waals surface area contributed by atoms with E-state index in [4.69, 9.17) is 0 Å². The second-order valence-corrected chi connectivity index (χ2v) is 6.64. The van der Waals surface area contributed by atoms with Gasteiger partial charge in [0.2, 0.25) is 10.0 Å². The van der Waals surface area contributed by atoms with Crippen LogP contribution >= 0.6 is 12.4 Å². The van der Waals surface area contributed by atoms with Crippen LogP contribution in [0.15, 0.2) is 29.2 Å². The summed E-state index contributed by atoms with van der Waals surface area (Å²) in [5.41, 5.74) is 1.14. The summed E-state index contributed by atoms with van der Waals surface area (Å²) >= 11 is 0. The molecule has 0 saturated heterocycles. The number of nitrogens with one attached hydrogen (secondary N) is 2. The monoisotopic (exact) mass is 320 g/mol. The quantitative estimate of drug-likeness (QED) is 0.724. The van der Waals surface area contributed by atoms with Crippen molar-refractivity contribution in [2.24, 2.45) is 0 Å². The summed E-state index contributed by atoms with van der Waals surface area (Å²) in [6.45, 7) is 8.21. The molecule has 0 fully saturated rings. The fourth-order valence-corrected chi connectivity index (χ4v) is 2.72. The minimum Gasteiger partial charge on any atom is -0.315 e. The van der Waals surface area contributed by atoms with Crippen LogP contribution in [-0.4, -0.2) is 28.1 Å². The number of benzene rings is 1. The molecule has 1 aromatic carbocycles. The van der Waals surface area contributed by atoms with Gasteiger partial charge >= 0.3 is 0 Å². The standard InChI is InChI=1S/C14H24N2O2S.ClH/c1-4-9-15-10-11-16-19(17,18)14-7-5-13(6-8-14)12(2)3;/h5-8,12,15-16H,4,9-11H2,1-3H3;1H. The first-order chi connectivity index (χ1) is 8.97. The lowest BCUT2D eigenvalue weighted by atomic mass is 10.0. The van der Waals surface area contributed by atoms with E-state index in [1.807, 2.05) is 12.1 Å². The van der Waals surface area contributed by atoms with E-state index in [9.17, 15) is 8.42 Å². The van der Waals surface area contributed by atoms with Crippen LogP contribution < -0.4 is 10.0 Å². The van der Waals surface area contributed by atoms with Crippen molar-refractivity contribution < 1.29 is 8.42 Å². The lowest BCUT2D eigenvalue weighted by Crippen LogP contribution is -2.32. The van der Waals surface area contributed by atoms with Crippen molar-refractivity contribution in [3.63, 3.8) is 0 Å². The molecule has 0 spiro atoms. The van der Waals surface area contributed by atoms with Crippen molar-refractivity contribution >= 4 is 22.4 Å². The van der Waals surface area contributed by atoms with Crippen LogP contribution in [-0.2, 0) is 10.0 Å². The van der Waals surface area contributed by atoms with Gasteiger partial charge in [-0.2, -0.15) is 0 Å². The highest BCUT2D eigenvalue weighted by molar-refractivity contribution is 7.89. The summed E-state index contributed by atoms with van der Waals surface area (Å²) in [5.74, 6) is 0.406. The molecule has 0 unspecified atom stereocenters. The van der Waals surface area contributed by atoms with Gasteiger partial charge in [0.1, 0.15) is 0 Å². The average Bonchev–Trinajstić information content (AvgIpc) is 2.38. The first-order valence-electron chi connectivity index (χ1n) is 6.77. The van der Waals surface area contributed by atoms with E-state index in [-0.39, 0.29) is 12.4 Å². The Kier molecular flexibility index (Phi) is 9.05. The van der Waals surface area contributed by atoms with Crippen LogP contribution in [0.1, 0.15) is 38.7 Å². The zero-order chi connectivity index (χ0) is 14.3. The Morgan fingerprint density at radius 2 is 1.65 bits per heavy atom. The predicted octanol–water partition coefficient (Wildman–Crippen LogP) is 2.51. The van der Waals surface area contributed by atoms with E-state index >= 15 is 0 Å². The van der Waals surface area contributed by atoms with Crippen molar-refractivity contribution in [1.82, 2.24) is 10.0 Å². The minimum absolute atomic E-state index is 0. The van der Waals surface area contributed by atoms with Crippen molar-refractivity contribution in [2.45, 2.75) is 38.0 Å². The first-order valence-corrected chi connectivity index (χ1v) is 8.26. The summed E-state index contributed by atoms with van der Waals surface area (Å²) in [6.07, 6.45) is 1.05. The molecule has 0 bridgehead atoms. The van der Waals surface area contributed by atoms with E-state index < -0.39 is 10.0 Å². The Hall–Kier alpha value is -0.620. The Morgan fingerprint density at radius 3 is 2.15 bits per heavy atom. The third-order valence-electron chi connectivity index (χ3n) is 2.88.